The summed E-state index contributed by atoms with van der Waals surface area (Å²) in [7, 11) is -4.18. The standard InChI is InChI=1S/C25H28ClFN5O8P/c1-12(2)38-25(34)39-20-9-18(32-11-29-21-22(32)30-24(28)31-23(21)33)13(3)16(20)10-37-41(35)36-7-6-19(40-41)15-8-14(26)4-5-17(15)27/h4-5,8,11-12,16,18-20H,3,6-7,9-10H2,1-2H3,(H3,28,30,31,33)/t16-,18-,19+,20-,41-/m0/s1. The maximum absolute atomic E-state index is 14.5. The molecule has 220 valence electrons. The van der Waals surface area contributed by atoms with Crippen LogP contribution in [0.25, 0.3) is 11.2 Å². The quantitative estimate of drug-likeness (QED) is 0.213. The van der Waals surface area contributed by atoms with Crippen molar-refractivity contribution in [3.8, 4) is 0 Å². The number of halogens is 2. The lowest BCUT2D eigenvalue weighted by molar-refractivity contribution is -0.0149. The Morgan fingerprint density at radius 3 is 2.95 bits per heavy atom. The highest BCUT2D eigenvalue weighted by atomic mass is 35.5. The lowest BCUT2D eigenvalue weighted by Crippen LogP contribution is -2.28. The molecule has 13 nitrogen and oxygen atoms in total. The van der Waals surface area contributed by atoms with Crippen LogP contribution >= 0.6 is 19.4 Å². The molecule has 1 saturated heterocycles. The maximum atomic E-state index is 14.5. The number of aromatic nitrogens is 4. The van der Waals surface area contributed by atoms with Gasteiger partial charge in [-0.05, 0) is 37.6 Å². The number of nitrogens with one attached hydrogen (secondary N) is 1. The zero-order chi connectivity index (χ0) is 29.5. The first-order valence-corrected chi connectivity index (χ1v) is 14.6. The van der Waals surface area contributed by atoms with Crippen LogP contribution in [-0.4, -0.2) is 51.1 Å². The molecule has 3 N–H and O–H groups in total. The summed E-state index contributed by atoms with van der Waals surface area (Å²) in [4.78, 5) is 35.5. The minimum absolute atomic E-state index is 0.0224. The second-order valence-electron chi connectivity index (χ2n) is 9.91. The molecule has 1 aliphatic heterocycles. The summed E-state index contributed by atoms with van der Waals surface area (Å²) in [6.45, 7) is 7.20. The maximum Gasteiger partial charge on any atom is 0.508 e. The third-order valence-electron chi connectivity index (χ3n) is 6.78. The number of imidazole rings is 1. The number of nitrogen functional groups attached to an aromatic ring is 1. The molecule has 2 aromatic heterocycles. The Morgan fingerprint density at radius 1 is 1.41 bits per heavy atom. The Kier molecular flexibility index (Phi) is 8.22. The molecule has 1 aromatic carbocycles. The first kappa shape index (κ1) is 29.2. The van der Waals surface area contributed by atoms with Crippen molar-refractivity contribution < 1.29 is 36.8 Å². The highest BCUT2D eigenvalue weighted by molar-refractivity contribution is 7.48. The summed E-state index contributed by atoms with van der Waals surface area (Å²) in [5.41, 5.74) is 6.14. The van der Waals surface area contributed by atoms with Crippen molar-refractivity contribution in [1.29, 1.82) is 0 Å². The predicted molar refractivity (Wildman–Crippen MR) is 145 cm³/mol. The predicted octanol–water partition coefficient (Wildman–Crippen LogP) is 4.84. The largest absolute Gasteiger partial charge is 0.508 e. The van der Waals surface area contributed by atoms with Crippen LogP contribution in [0.1, 0.15) is 44.4 Å². The smallest absolute Gasteiger partial charge is 0.432 e. The van der Waals surface area contributed by atoms with Gasteiger partial charge in [0.05, 0.1) is 37.8 Å². The Bertz CT molecular complexity index is 1600. The number of fused-ring (bicyclic) bond motifs is 1. The van der Waals surface area contributed by atoms with Crippen molar-refractivity contribution in [3.63, 3.8) is 0 Å². The van der Waals surface area contributed by atoms with Crippen molar-refractivity contribution in [3.05, 3.63) is 63.4 Å². The van der Waals surface area contributed by atoms with Gasteiger partial charge in [0.25, 0.3) is 5.56 Å². The molecule has 2 aliphatic rings. The van der Waals surface area contributed by atoms with Gasteiger partial charge in [-0.2, -0.15) is 4.98 Å². The zero-order valence-electron chi connectivity index (χ0n) is 22.1. The van der Waals surface area contributed by atoms with Crippen LogP contribution < -0.4 is 11.3 Å². The second kappa shape index (κ2) is 11.5. The van der Waals surface area contributed by atoms with E-state index < -0.39 is 55.6 Å². The van der Waals surface area contributed by atoms with Gasteiger partial charge in [-0.15, -0.1) is 0 Å². The fraction of sp³-hybridized carbons (Fsp3) is 0.440. The van der Waals surface area contributed by atoms with Crippen LogP contribution in [0.5, 0.6) is 0 Å². The van der Waals surface area contributed by atoms with Crippen LogP contribution in [0.2, 0.25) is 5.02 Å². The number of hydrogen-bond donors (Lipinski definition) is 2. The van der Waals surface area contributed by atoms with E-state index in [-0.39, 0.29) is 48.7 Å². The third kappa shape index (κ3) is 6.16. The number of aromatic amines is 1. The van der Waals surface area contributed by atoms with Crippen LogP contribution in [0, 0.1) is 11.7 Å². The van der Waals surface area contributed by atoms with Crippen molar-refractivity contribution in [2.24, 2.45) is 5.92 Å². The number of rotatable bonds is 7. The molecule has 3 aromatic rings. The van der Waals surface area contributed by atoms with Crippen molar-refractivity contribution in [2.75, 3.05) is 18.9 Å². The molecule has 1 aliphatic carbocycles. The topological polar surface area (TPSA) is 170 Å². The van der Waals surface area contributed by atoms with E-state index in [2.05, 4.69) is 21.5 Å². The number of H-pyrrole nitrogens is 1. The fourth-order valence-electron chi connectivity index (χ4n) is 4.90. The monoisotopic (exact) mass is 611 g/mol. The van der Waals surface area contributed by atoms with E-state index in [0.717, 1.165) is 0 Å². The SMILES string of the molecule is C=C1[C@H](CO[P@]2(=O)OCC[C@H](c3cc(Cl)ccc3F)O2)[C@@H](OC(=O)OC(C)C)C[C@@H]1n1cnc2c(=O)[nH]c(N)nc21. The number of phosphoric ester groups is 1. The number of carbonyl (C=O) groups is 1. The van der Waals surface area contributed by atoms with E-state index in [1.54, 1.807) is 18.4 Å². The minimum atomic E-state index is -4.18. The minimum Gasteiger partial charge on any atom is -0.432 e. The molecule has 5 rings (SSSR count). The van der Waals surface area contributed by atoms with Crippen molar-refractivity contribution in [1.82, 2.24) is 19.5 Å². The number of carbonyl (C=O) groups excluding carboxylic acids is 1. The van der Waals surface area contributed by atoms with E-state index in [1.807, 2.05) is 0 Å². The molecule has 41 heavy (non-hydrogen) atoms. The fourth-order valence-corrected chi connectivity index (χ4v) is 6.48. The van der Waals surface area contributed by atoms with Gasteiger partial charge < -0.3 is 19.8 Å². The molecule has 3 heterocycles. The van der Waals surface area contributed by atoms with Crippen LogP contribution in [0.3, 0.4) is 0 Å². The Hall–Kier alpha value is -3.29. The molecule has 0 bridgehead atoms. The second-order valence-corrected chi connectivity index (χ2v) is 12.0. The number of ether oxygens (including phenoxy) is 2. The summed E-state index contributed by atoms with van der Waals surface area (Å²) in [5.74, 6) is -1.38. The first-order chi connectivity index (χ1) is 19.4. The number of benzene rings is 1. The summed E-state index contributed by atoms with van der Waals surface area (Å²) < 4.78 is 56.9. The molecule has 0 unspecified atom stereocenters. The van der Waals surface area contributed by atoms with Crippen LogP contribution in [0.15, 0.2) is 41.5 Å². The average Bonchev–Trinajstić information content (AvgIpc) is 3.44. The Labute approximate surface area is 238 Å². The number of phosphoric acid groups is 1. The number of nitrogens with two attached hydrogens (primary N) is 1. The number of hydrogen-bond acceptors (Lipinski definition) is 11. The summed E-state index contributed by atoms with van der Waals surface area (Å²) in [6.07, 6.45) is -1.29. The van der Waals surface area contributed by atoms with Gasteiger partial charge in [0.2, 0.25) is 5.95 Å². The van der Waals surface area contributed by atoms with Crippen molar-refractivity contribution in [2.45, 2.75) is 51.0 Å². The van der Waals surface area contributed by atoms with Crippen LogP contribution in [0.4, 0.5) is 15.1 Å². The van der Waals surface area contributed by atoms with E-state index >= 15 is 0 Å². The van der Waals surface area contributed by atoms with Gasteiger partial charge in [-0.1, -0.05) is 18.2 Å². The van der Waals surface area contributed by atoms with Gasteiger partial charge in [-0.25, -0.2) is 18.7 Å². The Balaban J connectivity index is 1.38. The van der Waals surface area contributed by atoms with Gasteiger partial charge in [0, 0.05) is 29.3 Å². The first-order valence-electron chi connectivity index (χ1n) is 12.7. The van der Waals surface area contributed by atoms with E-state index in [9.17, 15) is 18.5 Å². The zero-order valence-corrected chi connectivity index (χ0v) is 23.8. The highest BCUT2D eigenvalue weighted by Crippen LogP contribution is 2.58. The Morgan fingerprint density at radius 2 is 2.20 bits per heavy atom. The molecule has 1 saturated carbocycles. The van der Waals surface area contributed by atoms with E-state index in [0.29, 0.717) is 10.6 Å². The van der Waals surface area contributed by atoms with Gasteiger partial charge >= 0.3 is 14.0 Å². The molecule has 5 atom stereocenters. The summed E-state index contributed by atoms with van der Waals surface area (Å²) >= 11 is 6.02. The average molecular weight is 612 g/mol. The molecule has 2 fully saturated rings. The van der Waals surface area contributed by atoms with Gasteiger partial charge in [0.1, 0.15) is 11.9 Å². The van der Waals surface area contributed by atoms with Gasteiger partial charge in [0.15, 0.2) is 11.2 Å². The lowest BCUT2D eigenvalue weighted by Gasteiger charge is -2.30. The normalized spacial score (nSPS) is 26.5. The number of nitrogens with zero attached hydrogens (tertiary/aromatic N) is 3. The summed E-state index contributed by atoms with van der Waals surface area (Å²) in [5, 5.41) is 0.291. The molecule has 0 radical (unpaired) electrons. The molecular formula is C25H28ClFN5O8P. The van der Waals surface area contributed by atoms with Crippen molar-refractivity contribution >= 4 is 42.7 Å². The molecule has 16 heteroatoms. The lowest BCUT2D eigenvalue weighted by atomic mass is 10.0. The van der Waals surface area contributed by atoms with E-state index in [1.165, 1.54) is 24.5 Å². The highest BCUT2D eigenvalue weighted by Gasteiger charge is 2.45. The molecular weight excluding hydrogens is 584 g/mol. The summed E-state index contributed by atoms with van der Waals surface area (Å²) in [6, 6.07) is 3.43. The van der Waals surface area contributed by atoms with E-state index in [4.69, 9.17) is 40.4 Å². The molecule has 0 spiro atoms. The van der Waals surface area contributed by atoms with Gasteiger partial charge in [-0.3, -0.25) is 23.3 Å². The van der Waals surface area contributed by atoms with Crippen LogP contribution in [-0.2, 0) is 27.6 Å². The third-order valence-corrected chi connectivity index (χ3v) is 8.49. The molecule has 0 amide bonds. The number of anilines is 1.